The third kappa shape index (κ3) is 4.69. The van der Waals surface area contributed by atoms with Crippen LogP contribution < -0.4 is 10.1 Å². The smallest absolute Gasteiger partial charge is 0.387 e. The molecular formula is C14H18Cl2F2N2O2. The van der Waals surface area contributed by atoms with Crippen molar-refractivity contribution in [2.24, 2.45) is 0 Å². The summed E-state index contributed by atoms with van der Waals surface area (Å²) in [6, 6.07) is 4.46. The van der Waals surface area contributed by atoms with E-state index in [9.17, 15) is 13.6 Å². The number of ether oxygens (including phenoxy) is 1. The summed E-state index contributed by atoms with van der Waals surface area (Å²) in [6.45, 7) is -1.83. The Morgan fingerprint density at radius 3 is 2.59 bits per heavy atom. The van der Waals surface area contributed by atoms with Gasteiger partial charge in [-0.25, -0.2) is 0 Å². The molecule has 0 aliphatic carbocycles. The Hall–Kier alpha value is -1.11. The highest BCUT2D eigenvalue weighted by atomic mass is 35.5. The van der Waals surface area contributed by atoms with E-state index in [1.807, 2.05) is 7.05 Å². The van der Waals surface area contributed by atoms with E-state index in [1.54, 1.807) is 4.90 Å². The minimum absolute atomic E-state index is 0. The number of alkyl halides is 2. The summed E-state index contributed by atoms with van der Waals surface area (Å²) < 4.78 is 29.2. The molecule has 1 aromatic carbocycles. The van der Waals surface area contributed by atoms with Gasteiger partial charge in [-0.2, -0.15) is 8.78 Å². The summed E-state index contributed by atoms with van der Waals surface area (Å²) in [7, 11) is 1.88. The van der Waals surface area contributed by atoms with Gasteiger partial charge < -0.3 is 15.0 Å². The van der Waals surface area contributed by atoms with Crippen LogP contribution in [0.2, 0.25) is 5.02 Å². The van der Waals surface area contributed by atoms with Gasteiger partial charge in [-0.05, 0) is 38.1 Å². The minimum Gasteiger partial charge on any atom is -0.434 e. The average Bonchev–Trinajstić information content (AvgIpc) is 2.48. The molecule has 0 bridgehead atoms. The van der Waals surface area contributed by atoms with Gasteiger partial charge in [0.2, 0.25) is 0 Å². The monoisotopic (exact) mass is 354 g/mol. The lowest BCUT2D eigenvalue weighted by Crippen LogP contribution is -2.44. The topological polar surface area (TPSA) is 41.6 Å². The van der Waals surface area contributed by atoms with Crippen LogP contribution in [0.15, 0.2) is 18.2 Å². The lowest BCUT2D eigenvalue weighted by molar-refractivity contribution is -0.0503. The molecule has 8 heteroatoms. The summed E-state index contributed by atoms with van der Waals surface area (Å²) in [5, 5.41) is 3.48. The summed E-state index contributed by atoms with van der Waals surface area (Å²) in [6.07, 6.45) is 1.65. The first-order chi connectivity index (χ1) is 10.0. The normalized spacial score (nSPS) is 15.6. The standard InChI is InChI=1S/C14H17ClF2N2O2.ClH/c1-18-10-4-6-19(7-5-10)13(20)11-8-9(15)2-3-12(11)21-14(16)17;/h2-3,8,10,14,18H,4-7H2,1H3;1H. The number of rotatable bonds is 4. The van der Waals surface area contributed by atoms with Gasteiger partial charge in [0.05, 0.1) is 5.56 Å². The van der Waals surface area contributed by atoms with E-state index < -0.39 is 6.61 Å². The molecule has 0 saturated carbocycles. The maximum Gasteiger partial charge on any atom is 0.387 e. The molecule has 0 radical (unpaired) electrons. The van der Waals surface area contributed by atoms with Crippen molar-refractivity contribution in [1.82, 2.24) is 10.2 Å². The molecule has 1 amide bonds. The van der Waals surface area contributed by atoms with E-state index >= 15 is 0 Å². The number of carbonyl (C=O) groups is 1. The van der Waals surface area contributed by atoms with E-state index in [0.29, 0.717) is 24.2 Å². The third-order valence-electron chi connectivity index (χ3n) is 3.58. The number of nitrogens with zero attached hydrogens (tertiary/aromatic N) is 1. The second-order valence-electron chi connectivity index (χ2n) is 4.87. The number of amides is 1. The van der Waals surface area contributed by atoms with Gasteiger partial charge in [-0.1, -0.05) is 11.6 Å². The van der Waals surface area contributed by atoms with E-state index in [-0.39, 0.29) is 29.6 Å². The van der Waals surface area contributed by atoms with Gasteiger partial charge in [-0.15, -0.1) is 12.4 Å². The van der Waals surface area contributed by atoms with Crippen LogP contribution in [0.1, 0.15) is 23.2 Å². The largest absolute Gasteiger partial charge is 0.434 e. The molecule has 1 fully saturated rings. The molecule has 22 heavy (non-hydrogen) atoms. The van der Waals surface area contributed by atoms with E-state index in [0.717, 1.165) is 12.8 Å². The minimum atomic E-state index is -2.98. The van der Waals surface area contributed by atoms with E-state index in [1.165, 1.54) is 18.2 Å². The molecule has 1 aliphatic rings. The van der Waals surface area contributed by atoms with Gasteiger partial charge in [-0.3, -0.25) is 4.79 Å². The first-order valence-electron chi connectivity index (χ1n) is 6.72. The number of benzene rings is 1. The molecule has 1 aromatic rings. The Labute approximate surface area is 139 Å². The molecular weight excluding hydrogens is 337 g/mol. The summed E-state index contributed by atoms with van der Waals surface area (Å²) in [4.78, 5) is 14.1. The second kappa shape index (κ2) is 8.50. The molecule has 4 nitrogen and oxygen atoms in total. The predicted octanol–water partition coefficient (Wildman–Crippen LogP) is 3.19. The molecule has 0 aromatic heterocycles. The predicted molar refractivity (Wildman–Crippen MR) is 83.3 cm³/mol. The third-order valence-corrected chi connectivity index (χ3v) is 3.81. The van der Waals surface area contributed by atoms with Crippen molar-refractivity contribution in [2.75, 3.05) is 20.1 Å². The average molecular weight is 355 g/mol. The van der Waals surface area contributed by atoms with Gasteiger partial charge in [0.15, 0.2) is 0 Å². The molecule has 0 unspecified atom stereocenters. The highest BCUT2D eigenvalue weighted by molar-refractivity contribution is 6.31. The van der Waals surface area contributed by atoms with Crippen LogP contribution in [0.3, 0.4) is 0 Å². The Morgan fingerprint density at radius 2 is 2.05 bits per heavy atom. The summed E-state index contributed by atoms with van der Waals surface area (Å²) >= 11 is 5.86. The molecule has 1 N–H and O–H groups in total. The van der Waals surface area contributed by atoms with Crippen molar-refractivity contribution in [3.05, 3.63) is 28.8 Å². The first kappa shape index (κ1) is 18.9. The molecule has 124 valence electrons. The molecule has 0 spiro atoms. The second-order valence-corrected chi connectivity index (χ2v) is 5.31. The molecule has 2 rings (SSSR count). The number of hydrogen-bond acceptors (Lipinski definition) is 3. The van der Waals surface area contributed by atoms with Crippen LogP contribution in [0.5, 0.6) is 5.75 Å². The van der Waals surface area contributed by atoms with Crippen LogP contribution in [0, 0.1) is 0 Å². The Bertz CT molecular complexity index is 510. The van der Waals surface area contributed by atoms with Crippen LogP contribution in [0.25, 0.3) is 0 Å². The molecule has 1 heterocycles. The number of likely N-dealkylation sites (tertiary alicyclic amines) is 1. The Morgan fingerprint density at radius 1 is 1.41 bits per heavy atom. The fraction of sp³-hybridized carbons (Fsp3) is 0.500. The van der Waals surface area contributed by atoms with Gasteiger partial charge in [0.1, 0.15) is 5.75 Å². The van der Waals surface area contributed by atoms with Crippen LogP contribution in [0.4, 0.5) is 8.78 Å². The summed E-state index contributed by atoms with van der Waals surface area (Å²) in [5.74, 6) is -0.474. The maximum atomic E-state index is 12.5. The Balaban J connectivity index is 0.00000242. The van der Waals surface area contributed by atoms with Gasteiger partial charge in [0.25, 0.3) is 5.91 Å². The highest BCUT2D eigenvalue weighted by Crippen LogP contribution is 2.27. The van der Waals surface area contributed by atoms with Gasteiger partial charge >= 0.3 is 6.61 Å². The van der Waals surface area contributed by atoms with E-state index in [4.69, 9.17) is 11.6 Å². The molecule has 1 saturated heterocycles. The molecule has 0 atom stereocenters. The zero-order valence-corrected chi connectivity index (χ0v) is 13.6. The Kier molecular flexibility index (Phi) is 7.32. The maximum absolute atomic E-state index is 12.5. The number of halogens is 4. The van der Waals surface area contributed by atoms with Crippen molar-refractivity contribution in [1.29, 1.82) is 0 Å². The zero-order chi connectivity index (χ0) is 15.4. The van der Waals surface area contributed by atoms with Crippen LogP contribution in [-0.4, -0.2) is 43.6 Å². The van der Waals surface area contributed by atoms with Crippen molar-refractivity contribution >= 4 is 29.9 Å². The lowest BCUT2D eigenvalue weighted by Gasteiger charge is -2.32. The van der Waals surface area contributed by atoms with Crippen LogP contribution >= 0.6 is 24.0 Å². The SMILES string of the molecule is CNC1CCN(C(=O)c2cc(Cl)ccc2OC(F)F)CC1.Cl. The number of hydrogen-bond donors (Lipinski definition) is 1. The number of piperidine rings is 1. The lowest BCUT2D eigenvalue weighted by atomic mass is 10.0. The van der Waals surface area contributed by atoms with Crippen molar-refractivity contribution < 1.29 is 18.3 Å². The number of carbonyl (C=O) groups excluding carboxylic acids is 1. The fourth-order valence-corrected chi connectivity index (χ4v) is 2.58. The first-order valence-corrected chi connectivity index (χ1v) is 7.10. The highest BCUT2D eigenvalue weighted by Gasteiger charge is 2.25. The van der Waals surface area contributed by atoms with Crippen molar-refractivity contribution in [3.63, 3.8) is 0 Å². The van der Waals surface area contributed by atoms with Crippen molar-refractivity contribution in [3.8, 4) is 5.75 Å². The van der Waals surface area contributed by atoms with E-state index in [2.05, 4.69) is 10.1 Å². The zero-order valence-electron chi connectivity index (χ0n) is 12.0. The van der Waals surface area contributed by atoms with Crippen molar-refractivity contribution in [2.45, 2.75) is 25.5 Å². The fourth-order valence-electron chi connectivity index (χ4n) is 2.41. The van der Waals surface area contributed by atoms with Crippen LogP contribution in [-0.2, 0) is 0 Å². The van der Waals surface area contributed by atoms with Gasteiger partial charge in [0, 0.05) is 24.2 Å². The quantitative estimate of drug-likeness (QED) is 0.902. The molecule has 1 aliphatic heterocycles. The summed E-state index contributed by atoms with van der Waals surface area (Å²) in [5.41, 5.74) is 0.0747. The number of nitrogens with one attached hydrogen (secondary N) is 1.